The Morgan fingerprint density at radius 3 is 2.50 bits per heavy atom. The third kappa shape index (κ3) is 4.52. The third-order valence-corrected chi connectivity index (χ3v) is 5.50. The lowest BCUT2D eigenvalue weighted by Crippen LogP contribution is -2.49. The quantitative estimate of drug-likeness (QED) is 0.765. The third-order valence-electron chi connectivity index (χ3n) is 5.50. The van der Waals surface area contributed by atoms with Crippen LogP contribution in [-0.2, 0) is 9.59 Å². The first kappa shape index (κ1) is 19.9. The van der Waals surface area contributed by atoms with Crippen molar-refractivity contribution in [1.82, 2.24) is 20.1 Å². The van der Waals surface area contributed by atoms with Gasteiger partial charge in [-0.05, 0) is 25.5 Å². The Hall–Kier alpha value is -2.84. The molecule has 0 saturated carbocycles. The van der Waals surface area contributed by atoms with E-state index in [1.54, 1.807) is 13.1 Å². The van der Waals surface area contributed by atoms with E-state index in [-0.39, 0.29) is 31.4 Å². The van der Waals surface area contributed by atoms with Crippen molar-refractivity contribution < 1.29 is 19.5 Å². The van der Waals surface area contributed by atoms with Crippen LogP contribution in [0.4, 0.5) is 10.6 Å². The van der Waals surface area contributed by atoms with Gasteiger partial charge in [0.1, 0.15) is 5.82 Å². The second-order valence-corrected chi connectivity index (χ2v) is 7.58. The smallest absolute Gasteiger partial charge is 0.317 e. The van der Waals surface area contributed by atoms with Crippen molar-refractivity contribution in [2.75, 3.05) is 50.7 Å². The number of carboxylic acid groups (broad SMARTS) is 1. The summed E-state index contributed by atoms with van der Waals surface area (Å²) in [5, 5.41) is 12.0. The zero-order chi connectivity index (χ0) is 20.1. The number of aliphatic carboxylic acids is 1. The number of carbonyl (C=O) groups excluding carboxylic acids is 2. The van der Waals surface area contributed by atoms with Crippen molar-refractivity contribution in [2.24, 2.45) is 5.41 Å². The van der Waals surface area contributed by atoms with Crippen LogP contribution in [0.15, 0.2) is 24.4 Å². The van der Waals surface area contributed by atoms with Crippen LogP contribution in [0.3, 0.4) is 0 Å². The lowest BCUT2D eigenvalue weighted by atomic mass is 9.90. The molecule has 1 aromatic rings. The van der Waals surface area contributed by atoms with Crippen LogP contribution in [0.1, 0.15) is 19.8 Å². The van der Waals surface area contributed by atoms with Gasteiger partial charge in [-0.2, -0.15) is 0 Å². The van der Waals surface area contributed by atoms with Crippen molar-refractivity contribution in [3.05, 3.63) is 24.4 Å². The lowest BCUT2D eigenvalue weighted by molar-refractivity contribution is -0.147. The number of carbonyl (C=O) groups is 3. The SMILES string of the molecule is CC1(C(=O)O)CCN(C(=O)NCCC(=O)N2CCN(c3ccccn3)CC2)C1. The summed E-state index contributed by atoms with van der Waals surface area (Å²) < 4.78 is 0. The lowest BCUT2D eigenvalue weighted by Gasteiger charge is -2.35. The maximum atomic E-state index is 12.4. The zero-order valence-electron chi connectivity index (χ0n) is 16.1. The van der Waals surface area contributed by atoms with Gasteiger partial charge in [0.15, 0.2) is 0 Å². The highest BCUT2D eigenvalue weighted by Crippen LogP contribution is 2.29. The predicted octanol–water partition coefficient (Wildman–Crippen LogP) is 0.627. The molecular weight excluding hydrogens is 362 g/mol. The summed E-state index contributed by atoms with van der Waals surface area (Å²) in [6.07, 6.45) is 2.43. The van der Waals surface area contributed by atoms with Crippen molar-refractivity contribution in [1.29, 1.82) is 0 Å². The molecule has 2 N–H and O–H groups in total. The fourth-order valence-corrected chi connectivity index (χ4v) is 3.58. The molecular formula is C19H27N5O4. The molecule has 0 spiro atoms. The molecule has 0 radical (unpaired) electrons. The maximum absolute atomic E-state index is 12.4. The number of likely N-dealkylation sites (tertiary alicyclic amines) is 1. The molecule has 152 valence electrons. The summed E-state index contributed by atoms with van der Waals surface area (Å²) in [7, 11) is 0. The molecule has 3 rings (SSSR count). The van der Waals surface area contributed by atoms with Crippen LogP contribution in [0.2, 0.25) is 0 Å². The minimum atomic E-state index is -0.888. The topological polar surface area (TPSA) is 106 Å². The van der Waals surface area contributed by atoms with Crippen molar-refractivity contribution in [3.63, 3.8) is 0 Å². The number of amides is 3. The van der Waals surface area contributed by atoms with Gasteiger partial charge in [0.05, 0.1) is 5.41 Å². The van der Waals surface area contributed by atoms with Gasteiger partial charge in [0.25, 0.3) is 0 Å². The molecule has 1 unspecified atom stereocenters. The number of carboxylic acids is 1. The Morgan fingerprint density at radius 1 is 1.14 bits per heavy atom. The number of hydrogen-bond acceptors (Lipinski definition) is 5. The van der Waals surface area contributed by atoms with Gasteiger partial charge >= 0.3 is 12.0 Å². The van der Waals surface area contributed by atoms with Crippen LogP contribution in [-0.4, -0.2) is 83.6 Å². The molecule has 2 saturated heterocycles. The van der Waals surface area contributed by atoms with Crippen molar-refractivity contribution in [3.8, 4) is 0 Å². The van der Waals surface area contributed by atoms with Crippen molar-refractivity contribution >= 4 is 23.7 Å². The number of nitrogens with zero attached hydrogens (tertiary/aromatic N) is 4. The number of hydrogen-bond donors (Lipinski definition) is 2. The average Bonchev–Trinajstić information content (AvgIpc) is 3.12. The molecule has 9 nitrogen and oxygen atoms in total. The highest BCUT2D eigenvalue weighted by molar-refractivity contribution is 5.80. The normalized spacial score (nSPS) is 22.2. The first-order chi connectivity index (χ1) is 13.4. The van der Waals surface area contributed by atoms with Gasteiger partial charge in [0, 0.05) is 58.4 Å². The Labute approximate surface area is 164 Å². The minimum Gasteiger partial charge on any atom is -0.481 e. The van der Waals surface area contributed by atoms with Crippen LogP contribution in [0.5, 0.6) is 0 Å². The number of rotatable bonds is 5. The highest BCUT2D eigenvalue weighted by Gasteiger charge is 2.42. The molecule has 3 heterocycles. The predicted molar refractivity (Wildman–Crippen MR) is 103 cm³/mol. The number of pyridine rings is 1. The van der Waals surface area contributed by atoms with E-state index < -0.39 is 11.4 Å². The second kappa shape index (κ2) is 8.45. The van der Waals surface area contributed by atoms with Gasteiger partial charge in [-0.25, -0.2) is 9.78 Å². The van der Waals surface area contributed by atoms with Gasteiger partial charge in [-0.3, -0.25) is 9.59 Å². The molecule has 1 aromatic heterocycles. The Kier molecular flexibility index (Phi) is 6.01. The monoisotopic (exact) mass is 389 g/mol. The van der Waals surface area contributed by atoms with Crippen LogP contribution in [0, 0.1) is 5.41 Å². The second-order valence-electron chi connectivity index (χ2n) is 7.58. The molecule has 0 bridgehead atoms. The molecule has 28 heavy (non-hydrogen) atoms. The Bertz CT molecular complexity index is 720. The summed E-state index contributed by atoms with van der Waals surface area (Å²) in [5.41, 5.74) is -0.888. The van der Waals surface area contributed by atoms with Gasteiger partial charge < -0.3 is 25.1 Å². The van der Waals surface area contributed by atoms with E-state index >= 15 is 0 Å². The minimum absolute atomic E-state index is 0.0118. The van der Waals surface area contributed by atoms with Gasteiger partial charge in [-0.1, -0.05) is 6.07 Å². The van der Waals surface area contributed by atoms with E-state index in [0.717, 1.165) is 18.9 Å². The maximum Gasteiger partial charge on any atom is 0.317 e. The highest BCUT2D eigenvalue weighted by atomic mass is 16.4. The number of urea groups is 1. The molecule has 3 amide bonds. The Balaban J connectivity index is 1.37. The van der Waals surface area contributed by atoms with Crippen molar-refractivity contribution in [2.45, 2.75) is 19.8 Å². The van der Waals surface area contributed by atoms with Crippen LogP contribution < -0.4 is 10.2 Å². The van der Waals surface area contributed by atoms with E-state index in [2.05, 4.69) is 15.2 Å². The van der Waals surface area contributed by atoms with E-state index in [4.69, 9.17) is 0 Å². The number of aromatic nitrogens is 1. The molecule has 2 aliphatic heterocycles. The number of piperazine rings is 1. The summed E-state index contributed by atoms with van der Waals surface area (Å²) in [6.45, 7) is 5.23. The molecule has 1 atom stereocenters. The summed E-state index contributed by atoms with van der Waals surface area (Å²) in [6, 6.07) is 5.47. The first-order valence-corrected chi connectivity index (χ1v) is 9.59. The molecule has 9 heteroatoms. The van der Waals surface area contributed by atoms with Crippen LogP contribution >= 0.6 is 0 Å². The molecule has 0 aromatic carbocycles. The largest absolute Gasteiger partial charge is 0.481 e. The Morgan fingerprint density at radius 2 is 1.89 bits per heavy atom. The van der Waals surface area contributed by atoms with E-state index in [1.165, 1.54) is 4.90 Å². The first-order valence-electron chi connectivity index (χ1n) is 9.59. The summed E-state index contributed by atoms with van der Waals surface area (Å²) >= 11 is 0. The van der Waals surface area contributed by atoms with E-state index in [9.17, 15) is 19.5 Å². The number of anilines is 1. The fraction of sp³-hybridized carbons (Fsp3) is 0.579. The number of nitrogens with one attached hydrogen (secondary N) is 1. The zero-order valence-corrected chi connectivity index (χ0v) is 16.1. The summed E-state index contributed by atoms with van der Waals surface area (Å²) in [4.78, 5) is 45.6. The van der Waals surface area contributed by atoms with E-state index in [0.29, 0.717) is 26.1 Å². The standard InChI is InChI=1S/C19H27N5O4/c1-19(17(26)27)6-9-24(14-19)18(28)21-8-5-16(25)23-12-10-22(11-13-23)15-4-2-3-7-20-15/h2-4,7H,5-6,8-14H2,1H3,(H,21,28)(H,26,27). The summed E-state index contributed by atoms with van der Waals surface area (Å²) in [5.74, 6) is 0.0430. The van der Waals surface area contributed by atoms with Crippen LogP contribution in [0.25, 0.3) is 0 Å². The van der Waals surface area contributed by atoms with Gasteiger partial charge in [-0.15, -0.1) is 0 Å². The average molecular weight is 389 g/mol. The van der Waals surface area contributed by atoms with Gasteiger partial charge in [0.2, 0.25) is 5.91 Å². The van der Waals surface area contributed by atoms with E-state index in [1.807, 2.05) is 23.1 Å². The fourth-order valence-electron chi connectivity index (χ4n) is 3.58. The molecule has 2 fully saturated rings. The molecule has 0 aliphatic carbocycles. The molecule has 2 aliphatic rings.